The van der Waals surface area contributed by atoms with E-state index in [4.69, 9.17) is 4.74 Å². The molecule has 2 heterocycles. The number of ether oxygens (including phenoxy) is 1. The van der Waals surface area contributed by atoms with Crippen molar-refractivity contribution in [3.8, 4) is 0 Å². The molecule has 4 rings (SSSR count). The minimum atomic E-state index is -0.908. The van der Waals surface area contributed by atoms with Crippen LogP contribution in [0.3, 0.4) is 0 Å². The number of hydrogen-bond donors (Lipinski definition) is 1. The van der Waals surface area contributed by atoms with Crippen molar-refractivity contribution in [2.24, 2.45) is 0 Å². The summed E-state index contributed by atoms with van der Waals surface area (Å²) in [6.07, 6.45) is 0.906. The van der Waals surface area contributed by atoms with Crippen molar-refractivity contribution in [2.75, 3.05) is 19.7 Å². The maximum Gasteiger partial charge on any atom is 0.256 e. The first kappa shape index (κ1) is 23.0. The van der Waals surface area contributed by atoms with Gasteiger partial charge in [-0.15, -0.1) is 0 Å². The van der Waals surface area contributed by atoms with Gasteiger partial charge < -0.3 is 15.0 Å². The summed E-state index contributed by atoms with van der Waals surface area (Å²) in [5, 5.41) is 2.92. The SMILES string of the molecule is Cc1ccccc1C(=O)N1CCC2(CC1)OCC(C(=O)NC(C)C)N2C(=O)c1ccccc1. The molecule has 0 radical (unpaired) electrons. The number of likely N-dealkylation sites (tertiary alicyclic amines) is 1. The van der Waals surface area contributed by atoms with E-state index in [0.29, 0.717) is 37.1 Å². The maximum atomic E-state index is 13.6. The lowest BCUT2D eigenvalue weighted by molar-refractivity contribution is -0.128. The normalized spacial score (nSPS) is 19.7. The zero-order valence-electron chi connectivity index (χ0n) is 19.4. The van der Waals surface area contributed by atoms with Crippen molar-refractivity contribution < 1.29 is 19.1 Å². The second-order valence-corrected chi connectivity index (χ2v) is 9.08. The number of nitrogens with zero attached hydrogens (tertiary/aromatic N) is 2. The lowest BCUT2D eigenvalue weighted by Crippen LogP contribution is -2.60. The molecule has 2 fully saturated rings. The van der Waals surface area contributed by atoms with E-state index in [2.05, 4.69) is 5.32 Å². The number of nitrogens with one attached hydrogen (secondary N) is 1. The van der Waals surface area contributed by atoms with Crippen LogP contribution in [0.1, 0.15) is 53.0 Å². The molecule has 7 nitrogen and oxygen atoms in total. The fourth-order valence-electron chi connectivity index (χ4n) is 4.71. The molecule has 2 saturated heterocycles. The van der Waals surface area contributed by atoms with E-state index < -0.39 is 11.8 Å². The monoisotopic (exact) mass is 449 g/mol. The Morgan fingerprint density at radius 1 is 0.970 bits per heavy atom. The van der Waals surface area contributed by atoms with Gasteiger partial charge in [-0.25, -0.2) is 0 Å². The smallest absolute Gasteiger partial charge is 0.256 e. The van der Waals surface area contributed by atoms with Crippen molar-refractivity contribution in [3.05, 3.63) is 71.3 Å². The summed E-state index contributed by atoms with van der Waals surface area (Å²) in [5.41, 5.74) is 1.23. The Hall–Kier alpha value is -3.19. The van der Waals surface area contributed by atoms with E-state index >= 15 is 0 Å². The predicted octanol–water partition coefficient (Wildman–Crippen LogP) is 2.99. The van der Waals surface area contributed by atoms with Gasteiger partial charge in [0.05, 0.1) is 6.61 Å². The molecular formula is C26H31N3O4. The quantitative estimate of drug-likeness (QED) is 0.778. The number of carbonyl (C=O) groups is 3. The molecule has 0 aromatic heterocycles. The molecule has 1 N–H and O–H groups in total. The third-order valence-corrected chi connectivity index (χ3v) is 6.44. The fraction of sp³-hybridized carbons (Fsp3) is 0.423. The van der Waals surface area contributed by atoms with Crippen molar-refractivity contribution in [1.29, 1.82) is 0 Å². The van der Waals surface area contributed by atoms with Crippen LogP contribution in [-0.4, -0.2) is 65.0 Å². The van der Waals surface area contributed by atoms with Crippen molar-refractivity contribution in [3.63, 3.8) is 0 Å². The van der Waals surface area contributed by atoms with E-state index in [1.165, 1.54) is 0 Å². The van der Waals surface area contributed by atoms with E-state index in [1.54, 1.807) is 17.0 Å². The van der Waals surface area contributed by atoms with Crippen molar-refractivity contribution in [1.82, 2.24) is 15.1 Å². The van der Waals surface area contributed by atoms with Gasteiger partial charge in [0.2, 0.25) is 5.91 Å². The van der Waals surface area contributed by atoms with E-state index in [1.807, 2.05) is 68.1 Å². The third-order valence-electron chi connectivity index (χ3n) is 6.44. The number of aryl methyl sites for hydroxylation is 1. The molecule has 1 atom stereocenters. The van der Waals surface area contributed by atoms with Crippen LogP contribution in [0.25, 0.3) is 0 Å². The lowest BCUT2D eigenvalue weighted by Gasteiger charge is -2.44. The van der Waals surface area contributed by atoms with Crippen LogP contribution in [-0.2, 0) is 9.53 Å². The van der Waals surface area contributed by atoms with Gasteiger partial charge in [-0.2, -0.15) is 0 Å². The number of amides is 3. The van der Waals surface area contributed by atoms with Crippen molar-refractivity contribution in [2.45, 2.75) is 51.4 Å². The number of benzene rings is 2. The molecule has 0 aliphatic carbocycles. The second-order valence-electron chi connectivity index (χ2n) is 9.08. The van der Waals surface area contributed by atoms with E-state index in [-0.39, 0.29) is 30.4 Å². The summed E-state index contributed by atoms with van der Waals surface area (Å²) in [5.74, 6) is -0.462. The molecule has 0 saturated carbocycles. The third kappa shape index (κ3) is 4.50. The molecule has 2 aliphatic heterocycles. The Kier molecular flexibility index (Phi) is 6.51. The molecule has 3 amide bonds. The highest BCUT2D eigenvalue weighted by molar-refractivity contribution is 5.99. The Morgan fingerprint density at radius 3 is 2.24 bits per heavy atom. The highest BCUT2D eigenvalue weighted by atomic mass is 16.5. The summed E-state index contributed by atoms with van der Waals surface area (Å²) in [7, 11) is 0. The molecule has 7 heteroatoms. The number of piperidine rings is 1. The maximum absolute atomic E-state index is 13.6. The first-order chi connectivity index (χ1) is 15.8. The Balaban J connectivity index is 1.58. The van der Waals surface area contributed by atoms with Gasteiger partial charge >= 0.3 is 0 Å². The molecular weight excluding hydrogens is 418 g/mol. The Morgan fingerprint density at radius 2 is 1.61 bits per heavy atom. The first-order valence-electron chi connectivity index (χ1n) is 11.5. The highest BCUT2D eigenvalue weighted by Gasteiger charge is 2.54. The standard InChI is InChI=1S/C26H31N3O4/c1-18(2)27-23(30)22-17-33-26(29(22)24(31)20-10-5-4-6-11-20)13-15-28(16-14-26)25(32)21-12-8-7-9-19(21)3/h4-12,18,22H,13-17H2,1-3H3,(H,27,30). The minimum Gasteiger partial charge on any atom is -0.353 e. The van der Waals surface area contributed by atoms with Crippen molar-refractivity contribution >= 4 is 17.7 Å². The minimum absolute atomic E-state index is 0.0176. The first-order valence-corrected chi connectivity index (χ1v) is 11.5. The number of rotatable bonds is 4. The highest BCUT2D eigenvalue weighted by Crippen LogP contribution is 2.39. The number of hydrogen-bond acceptors (Lipinski definition) is 4. The second kappa shape index (κ2) is 9.35. The summed E-state index contributed by atoms with van der Waals surface area (Å²) in [6.45, 7) is 6.75. The molecule has 174 valence electrons. The summed E-state index contributed by atoms with van der Waals surface area (Å²) < 4.78 is 6.22. The van der Waals surface area contributed by atoms with Crippen LogP contribution in [0.2, 0.25) is 0 Å². The Bertz CT molecular complexity index is 1030. The zero-order chi connectivity index (χ0) is 23.6. The predicted molar refractivity (Wildman–Crippen MR) is 125 cm³/mol. The van der Waals surface area contributed by atoms with Gasteiger partial charge in [0.1, 0.15) is 11.8 Å². The van der Waals surface area contributed by atoms with Gasteiger partial charge in [0.25, 0.3) is 11.8 Å². The van der Waals surface area contributed by atoms with Gasteiger partial charge in [-0.1, -0.05) is 36.4 Å². The largest absolute Gasteiger partial charge is 0.353 e. The molecule has 1 unspecified atom stereocenters. The summed E-state index contributed by atoms with van der Waals surface area (Å²) >= 11 is 0. The zero-order valence-corrected chi connectivity index (χ0v) is 19.4. The van der Waals surface area contributed by atoms with Gasteiger partial charge in [-0.05, 0) is 44.5 Å². The molecule has 1 spiro atoms. The van der Waals surface area contributed by atoms with Crippen LogP contribution in [0.15, 0.2) is 54.6 Å². The molecule has 0 bridgehead atoms. The summed E-state index contributed by atoms with van der Waals surface area (Å²) in [4.78, 5) is 43.1. The van der Waals surface area contributed by atoms with Gasteiger partial charge in [-0.3, -0.25) is 19.3 Å². The van der Waals surface area contributed by atoms with Crippen LogP contribution < -0.4 is 5.32 Å². The average Bonchev–Trinajstić information content (AvgIpc) is 3.18. The molecule has 2 aromatic carbocycles. The lowest BCUT2D eigenvalue weighted by atomic mass is 9.95. The molecule has 33 heavy (non-hydrogen) atoms. The number of carbonyl (C=O) groups excluding carboxylic acids is 3. The topological polar surface area (TPSA) is 79.0 Å². The van der Waals surface area contributed by atoms with Gasteiger partial charge in [0.15, 0.2) is 0 Å². The van der Waals surface area contributed by atoms with E-state index in [0.717, 1.165) is 5.56 Å². The average molecular weight is 450 g/mol. The van der Waals surface area contributed by atoms with Gasteiger partial charge in [0, 0.05) is 43.1 Å². The van der Waals surface area contributed by atoms with Crippen LogP contribution >= 0.6 is 0 Å². The summed E-state index contributed by atoms with van der Waals surface area (Å²) in [6, 6.07) is 15.8. The van der Waals surface area contributed by atoms with E-state index in [9.17, 15) is 14.4 Å². The molecule has 2 aromatic rings. The van der Waals surface area contributed by atoms with Crippen LogP contribution in [0, 0.1) is 6.92 Å². The molecule has 2 aliphatic rings. The van der Waals surface area contributed by atoms with Crippen LogP contribution in [0.4, 0.5) is 0 Å². The van der Waals surface area contributed by atoms with Crippen LogP contribution in [0.5, 0.6) is 0 Å². The fourth-order valence-corrected chi connectivity index (χ4v) is 4.71. The Labute approximate surface area is 194 Å².